The number of ether oxygens (including phenoxy) is 1. The van der Waals surface area contributed by atoms with Crippen molar-refractivity contribution in [3.05, 3.63) is 57.8 Å². The fourth-order valence-corrected chi connectivity index (χ4v) is 2.44. The number of nitrogens with two attached hydrogens (primary N) is 1. The minimum atomic E-state index is -0.582. The van der Waals surface area contributed by atoms with Crippen molar-refractivity contribution in [1.82, 2.24) is 5.32 Å². The summed E-state index contributed by atoms with van der Waals surface area (Å²) in [6, 6.07) is 9.50. The fraction of sp³-hybridized carbons (Fsp3) is 0.133. The van der Waals surface area contributed by atoms with E-state index in [1.165, 1.54) is 19.2 Å². The van der Waals surface area contributed by atoms with E-state index in [0.29, 0.717) is 15.9 Å². The number of benzene rings is 2. The summed E-state index contributed by atoms with van der Waals surface area (Å²) in [6.07, 6.45) is 0. The highest BCUT2D eigenvalue weighted by Crippen LogP contribution is 2.22. The third-order valence-corrected chi connectivity index (χ3v) is 3.59. The fourth-order valence-electron chi connectivity index (χ4n) is 1.92. The number of rotatable bonds is 4. The molecule has 2 aromatic carbocycles. The highest BCUT2D eigenvalue weighted by molar-refractivity contribution is 9.10. The summed E-state index contributed by atoms with van der Waals surface area (Å²) in [5.41, 5.74) is 6.97. The van der Waals surface area contributed by atoms with Gasteiger partial charge in [0.1, 0.15) is 11.6 Å². The van der Waals surface area contributed by atoms with Crippen molar-refractivity contribution in [3.63, 3.8) is 0 Å². The summed E-state index contributed by atoms with van der Waals surface area (Å²) in [4.78, 5) is 12.1. The van der Waals surface area contributed by atoms with Crippen molar-refractivity contribution >= 4 is 27.5 Å². The van der Waals surface area contributed by atoms with Crippen LogP contribution in [0.4, 0.5) is 10.1 Å². The minimum Gasteiger partial charge on any atom is -0.496 e. The average Bonchev–Trinajstić information content (AvgIpc) is 2.45. The van der Waals surface area contributed by atoms with Crippen LogP contribution in [0, 0.1) is 5.82 Å². The van der Waals surface area contributed by atoms with E-state index in [-0.39, 0.29) is 12.1 Å². The van der Waals surface area contributed by atoms with Crippen molar-refractivity contribution in [2.75, 3.05) is 12.8 Å². The zero-order chi connectivity index (χ0) is 15.4. The molecular formula is C15H14BrFN2O2. The molecule has 0 aliphatic rings. The van der Waals surface area contributed by atoms with Gasteiger partial charge >= 0.3 is 0 Å². The third-order valence-electron chi connectivity index (χ3n) is 2.93. The van der Waals surface area contributed by atoms with Crippen LogP contribution in [0.2, 0.25) is 0 Å². The summed E-state index contributed by atoms with van der Waals surface area (Å²) in [7, 11) is 1.53. The van der Waals surface area contributed by atoms with Crippen LogP contribution in [0.15, 0.2) is 40.9 Å². The van der Waals surface area contributed by atoms with E-state index in [2.05, 4.69) is 21.2 Å². The second kappa shape index (κ2) is 6.58. The maximum atomic E-state index is 13.7. The smallest absolute Gasteiger partial charge is 0.255 e. The number of halogens is 2. The molecule has 0 radical (unpaired) electrons. The predicted octanol–water partition coefficient (Wildman–Crippen LogP) is 3.11. The second-order valence-electron chi connectivity index (χ2n) is 4.35. The Balaban J connectivity index is 2.17. The normalized spacial score (nSPS) is 10.2. The number of hydrogen-bond donors (Lipinski definition) is 2. The first-order valence-corrected chi connectivity index (χ1v) is 6.97. The van der Waals surface area contributed by atoms with Gasteiger partial charge in [-0.05, 0) is 46.3 Å². The quantitative estimate of drug-likeness (QED) is 0.831. The van der Waals surface area contributed by atoms with Crippen LogP contribution in [0.25, 0.3) is 0 Å². The Morgan fingerprint density at radius 1 is 1.38 bits per heavy atom. The van der Waals surface area contributed by atoms with Gasteiger partial charge in [-0.15, -0.1) is 0 Å². The standard InChI is InChI=1S/C15H14BrFN2O2/c1-21-13-6-5-10(18)7-9(13)8-19-15(20)14-11(16)3-2-4-12(14)17/h2-7H,8,18H2,1H3,(H,19,20). The Morgan fingerprint density at radius 2 is 2.14 bits per heavy atom. The molecule has 0 saturated carbocycles. The van der Waals surface area contributed by atoms with E-state index in [1.807, 2.05) is 0 Å². The molecule has 0 bridgehead atoms. The van der Waals surface area contributed by atoms with E-state index in [0.717, 1.165) is 5.56 Å². The van der Waals surface area contributed by atoms with Gasteiger partial charge in [0.15, 0.2) is 0 Å². The van der Waals surface area contributed by atoms with Gasteiger partial charge in [0.05, 0.1) is 12.7 Å². The van der Waals surface area contributed by atoms with Gasteiger partial charge in [-0.1, -0.05) is 6.07 Å². The first-order valence-electron chi connectivity index (χ1n) is 6.17. The van der Waals surface area contributed by atoms with Gasteiger partial charge < -0.3 is 15.8 Å². The summed E-state index contributed by atoms with van der Waals surface area (Å²) in [5.74, 6) is -0.483. The molecule has 0 atom stereocenters. The summed E-state index contributed by atoms with van der Waals surface area (Å²) >= 11 is 3.17. The zero-order valence-electron chi connectivity index (χ0n) is 11.3. The van der Waals surface area contributed by atoms with Crippen LogP contribution < -0.4 is 15.8 Å². The van der Waals surface area contributed by atoms with Crippen LogP contribution >= 0.6 is 15.9 Å². The molecular weight excluding hydrogens is 339 g/mol. The molecule has 0 unspecified atom stereocenters. The lowest BCUT2D eigenvalue weighted by molar-refractivity contribution is 0.0946. The van der Waals surface area contributed by atoms with Crippen molar-refractivity contribution in [2.45, 2.75) is 6.54 Å². The van der Waals surface area contributed by atoms with Crippen LogP contribution in [0.1, 0.15) is 15.9 Å². The van der Waals surface area contributed by atoms with Gasteiger partial charge in [-0.2, -0.15) is 0 Å². The lowest BCUT2D eigenvalue weighted by Crippen LogP contribution is -2.24. The SMILES string of the molecule is COc1ccc(N)cc1CNC(=O)c1c(F)cccc1Br. The molecule has 0 aromatic heterocycles. The maximum Gasteiger partial charge on any atom is 0.255 e. The number of amides is 1. The Morgan fingerprint density at radius 3 is 2.81 bits per heavy atom. The molecule has 0 aliphatic carbocycles. The summed E-state index contributed by atoms with van der Waals surface area (Å²) in [5, 5.41) is 2.65. The molecule has 3 N–H and O–H groups in total. The van der Waals surface area contributed by atoms with Crippen LogP contribution in [-0.2, 0) is 6.54 Å². The van der Waals surface area contributed by atoms with Gasteiger partial charge in [0.2, 0.25) is 0 Å². The average molecular weight is 353 g/mol. The Labute approximate surface area is 130 Å². The lowest BCUT2D eigenvalue weighted by atomic mass is 10.1. The molecule has 2 rings (SSSR count). The molecule has 2 aromatic rings. The van der Waals surface area contributed by atoms with Crippen LogP contribution in [-0.4, -0.2) is 13.0 Å². The Kier molecular flexibility index (Phi) is 4.80. The van der Waals surface area contributed by atoms with Gasteiger partial charge in [-0.3, -0.25) is 4.79 Å². The number of carbonyl (C=O) groups is 1. The summed E-state index contributed by atoms with van der Waals surface area (Å²) in [6.45, 7) is 0.188. The number of nitrogens with one attached hydrogen (secondary N) is 1. The molecule has 0 spiro atoms. The van der Waals surface area contributed by atoms with E-state index in [4.69, 9.17) is 10.5 Å². The van der Waals surface area contributed by atoms with E-state index in [1.54, 1.807) is 24.3 Å². The number of hydrogen-bond acceptors (Lipinski definition) is 3. The third kappa shape index (κ3) is 3.52. The molecule has 0 fully saturated rings. The van der Waals surface area contributed by atoms with Crippen molar-refractivity contribution < 1.29 is 13.9 Å². The first kappa shape index (κ1) is 15.3. The van der Waals surface area contributed by atoms with Crippen molar-refractivity contribution in [3.8, 4) is 5.75 Å². The molecule has 0 saturated heterocycles. The molecule has 1 amide bonds. The number of anilines is 1. The molecule has 110 valence electrons. The van der Waals surface area contributed by atoms with Crippen LogP contribution in [0.3, 0.4) is 0 Å². The second-order valence-corrected chi connectivity index (χ2v) is 5.20. The monoisotopic (exact) mass is 352 g/mol. The molecule has 0 aliphatic heterocycles. The van der Waals surface area contributed by atoms with Crippen molar-refractivity contribution in [1.29, 1.82) is 0 Å². The Bertz CT molecular complexity index is 656. The van der Waals surface area contributed by atoms with Crippen molar-refractivity contribution in [2.24, 2.45) is 0 Å². The molecule has 6 heteroatoms. The van der Waals surface area contributed by atoms with E-state index < -0.39 is 11.7 Å². The number of nitrogen functional groups attached to an aromatic ring is 1. The molecule has 0 heterocycles. The summed E-state index contributed by atoms with van der Waals surface area (Å²) < 4.78 is 19.3. The van der Waals surface area contributed by atoms with E-state index >= 15 is 0 Å². The maximum absolute atomic E-state index is 13.7. The number of carbonyl (C=O) groups excluding carboxylic acids is 1. The van der Waals surface area contributed by atoms with Gasteiger partial charge in [0.25, 0.3) is 5.91 Å². The molecule has 4 nitrogen and oxygen atoms in total. The van der Waals surface area contributed by atoms with E-state index in [9.17, 15) is 9.18 Å². The largest absolute Gasteiger partial charge is 0.496 e. The highest BCUT2D eigenvalue weighted by Gasteiger charge is 2.15. The predicted molar refractivity (Wildman–Crippen MR) is 82.7 cm³/mol. The molecule has 21 heavy (non-hydrogen) atoms. The highest BCUT2D eigenvalue weighted by atomic mass is 79.9. The van der Waals surface area contributed by atoms with Gasteiger partial charge in [-0.25, -0.2) is 4.39 Å². The number of methoxy groups -OCH3 is 1. The van der Waals surface area contributed by atoms with Crippen LogP contribution in [0.5, 0.6) is 5.75 Å². The first-order chi connectivity index (χ1) is 10.0. The Hall–Kier alpha value is -2.08. The zero-order valence-corrected chi connectivity index (χ0v) is 12.9. The minimum absolute atomic E-state index is 0.0274. The van der Waals surface area contributed by atoms with Gasteiger partial charge in [0, 0.05) is 22.3 Å². The topological polar surface area (TPSA) is 64.3 Å². The lowest BCUT2D eigenvalue weighted by Gasteiger charge is -2.11.